The highest BCUT2D eigenvalue weighted by atomic mass is 15.0. The van der Waals surface area contributed by atoms with Crippen molar-refractivity contribution in [2.45, 2.75) is 63.6 Å². The average Bonchev–Trinajstić information content (AvgIpc) is 2.42. The summed E-state index contributed by atoms with van der Waals surface area (Å²) >= 11 is 0. The van der Waals surface area contributed by atoms with Gasteiger partial charge in [0.2, 0.25) is 0 Å². The minimum atomic E-state index is 0.435. The summed E-state index contributed by atoms with van der Waals surface area (Å²) in [6.45, 7) is 2.26. The topological polar surface area (TPSA) is 38.0 Å². The van der Waals surface area contributed by atoms with Crippen molar-refractivity contribution in [2.75, 3.05) is 0 Å². The molecule has 3 N–H and O–H groups in total. The van der Waals surface area contributed by atoms with E-state index in [4.69, 9.17) is 5.73 Å². The van der Waals surface area contributed by atoms with Gasteiger partial charge in [0, 0.05) is 18.1 Å². The molecule has 1 saturated carbocycles. The zero-order valence-electron chi connectivity index (χ0n) is 11.4. The van der Waals surface area contributed by atoms with Crippen LogP contribution in [0.4, 0.5) is 0 Å². The third-order valence-corrected chi connectivity index (χ3v) is 3.99. The minimum Gasteiger partial charge on any atom is -0.328 e. The first-order chi connectivity index (χ1) is 8.79. The molecule has 18 heavy (non-hydrogen) atoms. The van der Waals surface area contributed by atoms with Crippen LogP contribution in [-0.2, 0) is 0 Å². The second-order valence-corrected chi connectivity index (χ2v) is 5.53. The molecule has 0 spiro atoms. The van der Waals surface area contributed by atoms with E-state index in [1.54, 1.807) is 0 Å². The van der Waals surface area contributed by atoms with E-state index < -0.39 is 0 Å². The molecule has 1 aromatic carbocycles. The van der Waals surface area contributed by atoms with E-state index in [-0.39, 0.29) is 0 Å². The Hall–Kier alpha value is -0.860. The lowest BCUT2D eigenvalue weighted by Crippen LogP contribution is -2.39. The van der Waals surface area contributed by atoms with E-state index in [0.717, 1.165) is 0 Å². The molecule has 2 nitrogen and oxygen atoms in total. The summed E-state index contributed by atoms with van der Waals surface area (Å²) in [5.41, 5.74) is 7.39. The lowest BCUT2D eigenvalue weighted by molar-refractivity contribution is 0.308. The summed E-state index contributed by atoms with van der Waals surface area (Å²) in [5.74, 6) is 0. The normalized spacial score (nSPS) is 25.9. The van der Waals surface area contributed by atoms with Crippen molar-refractivity contribution in [3.05, 3.63) is 35.9 Å². The summed E-state index contributed by atoms with van der Waals surface area (Å²) in [5, 5.41) is 3.84. The van der Waals surface area contributed by atoms with Crippen molar-refractivity contribution in [2.24, 2.45) is 5.73 Å². The number of hydrogen-bond acceptors (Lipinski definition) is 2. The molecular weight excluding hydrogens is 220 g/mol. The largest absolute Gasteiger partial charge is 0.328 e. The maximum Gasteiger partial charge on any atom is 0.0322 e. The molecule has 1 aliphatic carbocycles. The quantitative estimate of drug-likeness (QED) is 0.836. The molecule has 1 fully saturated rings. The van der Waals surface area contributed by atoms with Gasteiger partial charge in [-0.05, 0) is 37.7 Å². The van der Waals surface area contributed by atoms with Crippen molar-refractivity contribution in [1.82, 2.24) is 5.32 Å². The number of nitrogens with one attached hydrogen (secondary N) is 1. The standard InChI is InChI=1S/C16H26N2/c1-2-6-16(13-7-4-3-5-8-13)18-15-11-9-14(17)10-12-15/h3-5,7-8,14-16,18H,2,6,9-12,17H2,1H3. The van der Waals surface area contributed by atoms with Gasteiger partial charge in [0.1, 0.15) is 0 Å². The van der Waals surface area contributed by atoms with Crippen LogP contribution in [0.5, 0.6) is 0 Å². The molecule has 0 radical (unpaired) electrons. The van der Waals surface area contributed by atoms with E-state index in [1.807, 2.05) is 0 Å². The Balaban J connectivity index is 1.94. The number of benzene rings is 1. The molecule has 0 amide bonds. The Morgan fingerprint density at radius 3 is 2.44 bits per heavy atom. The lowest BCUT2D eigenvalue weighted by atomic mass is 9.90. The molecule has 0 aromatic heterocycles. The SMILES string of the molecule is CCCC(NC1CCC(N)CC1)c1ccccc1. The van der Waals surface area contributed by atoms with Gasteiger partial charge in [0.15, 0.2) is 0 Å². The molecule has 0 bridgehead atoms. The van der Waals surface area contributed by atoms with Crippen molar-refractivity contribution < 1.29 is 0 Å². The molecule has 0 heterocycles. The molecule has 0 aliphatic heterocycles. The van der Waals surface area contributed by atoms with E-state index in [1.165, 1.54) is 44.1 Å². The van der Waals surface area contributed by atoms with Gasteiger partial charge in [-0.25, -0.2) is 0 Å². The molecule has 100 valence electrons. The van der Waals surface area contributed by atoms with Crippen LogP contribution in [0.1, 0.15) is 57.1 Å². The Morgan fingerprint density at radius 1 is 1.17 bits per heavy atom. The van der Waals surface area contributed by atoms with Crippen LogP contribution < -0.4 is 11.1 Å². The highest BCUT2D eigenvalue weighted by Gasteiger charge is 2.21. The summed E-state index contributed by atoms with van der Waals surface area (Å²) in [6, 6.07) is 12.4. The second kappa shape index (κ2) is 6.91. The van der Waals surface area contributed by atoms with Gasteiger partial charge in [-0.3, -0.25) is 0 Å². The molecule has 1 aliphatic rings. The van der Waals surface area contributed by atoms with Crippen molar-refractivity contribution >= 4 is 0 Å². The monoisotopic (exact) mass is 246 g/mol. The predicted molar refractivity (Wildman–Crippen MR) is 77.5 cm³/mol. The Kier molecular flexibility index (Phi) is 5.21. The van der Waals surface area contributed by atoms with Crippen LogP contribution in [0.2, 0.25) is 0 Å². The molecule has 1 unspecified atom stereocenters. The summed E-state index contributed by atoms with van der Waals surface area (Å²) in [7, 11) is 0. The maximum atomic E-state index is 5.97. The fourth-order valence-electron chi connectivity index (χ4n) is 2.89. The van der Waals surface area contributed by atoms with Gasteiger partial charge in [-0.2, -0.15) is 0 Å². The first-order valence-corrected chi connectivity index (χ1v) is 7.36. The van der Waals surface area contributed by atoms with E-state index in [0.29, 0.717) is 18.1 Å². The first kappa shape index (κ1) is 13.6. The van der Waals surface area contributed by atoms with Crippen LogP contribution in [0.25, 0.3) is 0 Å². The fourth-order valence-corrected chi connectivity index (χ4v) is 2.89. The van der Waals surface area contributed by atoms with Gasteiger partial charge in [-0.1, -0.05) is 43.7 Å². The molecule has 2 rings (SSSR count). The zero-order valence-corrected chi connectivity index (χ0v) is 11.4. The smallest absolute Gasteiger partial charge is 0.0322 e. The van der Waals surface area contributed by atoms with Crippen LogP contribution in [-0.4, -0.2) is 12.1 Å². The summed E-state index contributed by atoms with van der Waals surface area (Å²) in [6.07, 6.45) is 7.24. The summed E-state index contributed by atoms with van der Waals surface area (Å²) < 4.78 is 0. The van der Waals surface area contributed by atoms with Crippen LogP contribution in [0.15, 0.2) is 30.3 Å². The molecule has 2 heteroatoms. The molecule has 1 atom stereocenters. The number of nitrogens with two attached hydrogens (primary N) is 1. The van der Waals surface area contributed by atoms with E-state index in [2.05, 4.69) is 42.6 Å². The zero-order chi connectivity index (χ0) is 12.8. The van der Waals surface area contributed by atoms with Crippen molar-refractivity contribution in [1.29, 1.82) is 0 Å². The molecule has 0 saturated heterocycles. The van der Waals surface area contributed by atoms with Gasteiger partial charge < -0.3 is 11.1 Å². The average molecular weight is 246 g/mol. The van der Waals surface area contributed by atoms with Gasteiger partial charge in [0.25, 0.3) is 0 Å². The maximum absolute atomic E-state index is 5.97. The first-order valence-electron chi connectivity index (χ1n) is 7.36. The predicted octanol–water partition coefficient (Wildman–Crippen LogP) is 3.39. The number of rotatable bonds is 5. The Morgan fingerprint density at radius 2 is 1.83 bits per heavy atom. The molecule has 1 aromatic rings. The summed E-state index contributed by atoms with van der Waals surface area (Å²) in [4.78, 5) is 0. The third kappa shape index (κ3) is 3.82. The van der Waals surface area contributed by atoms with Gasteiger partial charge in [-0.15, -0.1) is 0 Å². The van der Waals surface area contributed by atoms with Gasteiger partial charge >= 0.3 is 0 Å². The van der Waals surface area contributed by atoms with Crippen LogP contribution in [0, 0.1) is 0 Å². The third-order valence-electron chi connectivity index (χ3n) is 3.99. The highest BCUT2D eigenvalue weighted by molar-refractivity contribution is 5.19. The molecular formula is C16H26N2. The Labute approximate surface area is 111 Å². The van der Waals surface area contributed by atoms with Crippen LogP contribution >= 0.6 is 0 Å². The van der Waals surface area contributed by atoms with Gasteiger partial charge in [0.05, 0.1) is 0 Å². The van der Waals surface area contributed by atoms with E-state index in [9.17, 15) is 0 Å². The Bertz CT molecular complexity index is 328. The minimum absolute atomic E-state index is 0.435. The highest BCUT2D eigenvalue weighted by Crippen LogP contribution is 2.24. The second-order valence-electron chi connectivity index (χ2n) is 5.53. The fraction of sp³-hybridized carbons (Fsp3) is 0.625. The van der Waals surface area contributed by atoms with Crippen molar-refractivity contribution in [3.8, 4) is 0 Å². The van der Waals surface area contributed by atoms with Crippen LogP contribution in [0.3, 0.4) is 0 Å². The van der Waals surface area contributed by atoms with E-state index >= 15 is 0 Å². The van der Waals surface area contributed by atoms with Crippen molar-refractivity contribution in [3.63, 3.8) is 0 Å². The number of hydrogen-bond donors (Lipinski definition) is 2. The lowest BCUT2D eigenvalue weighted by Gasteiger charge is -2.31.